The van der Waals surface area contributed by atoms with Crippen LogP contribution in [0.3, 0.4) is 0 Å². The molecule has 0 aliphatic heterocycles. The first kappa shape index (κ1) is 15.1. The van der Waals surface area contributed by atoms with E-state index in [1.807, 2.05) is 0 Å². The number of hydrogen-bond donors (Lipinski definition) is 2. The Labute approximate surface area is 133 Å². The predicted octanol–water partition coefficient (Wildman–Crippen LogP) is 3.07. The lowest BCUT2D eigenvalue weighted by molar-refractivity contribution is -0.211. The van der Waals surface area contributed by atoms with Gasteiger partial charge in [0.15, 0.2) is 5.78 Å². The zero-order valence-electron chi connectivity index (χ0n) is 14.0. The molecule has 0 bridgehead atoms. The molecule has 22 heavy (non-hydrogen) atoms. The maximum Gasteiger partial charge on any atom is 0.165 e. The standard InChI is InChI=1S/C19H30O3/c1-17-7-3-4-14(17)13-10-16(21)19(22)11-12(20)5-9-18(19,2)15(13)6-8-17/h12-15,20,22H,3-11H2,1-2H3/t12-,13-,14-,15+,17-,18+,19-/m0/s1. The molecule has 0 spiro atoms. The van der Waals surface area contributed by atoms with Crippen LogP contribution in [0.25, 0.3) is 0 Å². The number of carbonyl (C=O) groups excluding carboxylic acids is 1. The highest BCUT2D eigenvalue weighted by Crippen LogP contribution is 2.66. The fourth-order valence-electron chi connectivity index (χ4n) is 7.01. The van der Waals surface area contributed by atoms with Crippen LogP contribution in [0.15, 0.2) is 0 Å². The summed E-state index contributed by atoms with van der Waals surface area (Å²) in [6, 6.07) is 0. The van der Waals surface area contributed by atoms with Crippen molar-refractivity contribution in [2.75, 3.05) is 0 Å². The monoisotopic (exact) mass is 306 g/mol. The lowest BCUT2D eigenvalue weighted by atomic mass is 9.43. The van der Waals surface area contributed by atoms with E-state index in [0.717, 1.165) is 19.3 Å². The van der Waals surface area contributed by atoms with Crippen molar-refractivity contribution in [3.63, 3.8) is 0 Å². The van der Waals surface area contributed by atoms with Gasteiger partial charge >= 0.3 is 0 Å². The minimum Gasteiger partial charge on any atom is -0.393 e. The highest BCUT2D eigenvalue weighted by atomic mass is 16.3. The fourth-order valence-corrected chi connectivity index (χ4v) is 7.01. The number of Topliss-reactive ketones (excluding diaryl/α,β-unsaturated/α-hetero) is 1. The van der Waals surface area contributed by atoms with Crippen molar-refractivity contribution >= 4 is 5.78 Å². The van der Waals surface area contributed by atoms with Crippen LogP contribution >= 0.6 is 0 Å². The van der Waals surface area contributed by atoms with Crippen molar-refractivity contribution in [3.05, 3.63) is 0 Å². The van der Waals surface area contributed by atoms with E-state index < -0.39 is 11.7 Å². The third kappa shape index (κ3) is 1.73. The van der Waals surface area contributed by atoms with Gasteiger partial charge in [-0.05, 0) is 61.7 Å². The predicted molar refractivity (Wildman–Crippen MR) is 84.2 cm³/mol. The summed E-state index contributed by atoms with van der Waals surface area (Å²) in [5.74, 6) is 1.61. The third-order valence-corrected chi connectivity index (χ3v) is 8.39. The molecular weight excluding hydrogens is 276 g/mol. The topological polar surface area (TPSA) is 57.5 Å². The van der Waals surface area contributed by atoms with Gasteiger partial charge in [0.1, 0.15) is 5.60 Å². The van der Waals surface area contributed by atoms with Crippen molar-refractivity contribution in [2.24, 2.45) is 28.6 Å². The molecule has 0 unspecified atom stereocenters. The summed E-state index contributed by atoms with van der Waals surface area (Å²) in [6.45, 7) is 4.57. The van der Waals surface area contributed by atoms with Gasteiger partial charge in [-0.1, -0.05) is 20.3 Å². The van der Waals surface area contributed by atoms with Crippen molar-refractivity contribution in [1.82, 2.24) is 0 Å². The minimum atomic E-state index is -1.28. The maximum absolute atomic E-state index is 12.9. The molecule has 3 nitrogen and oxygen atoms in total. The third-order valence-electron chi connectivity index (χ3n) is 8.39. The Kier molecular flexibility index (Phi) is 3.14. The van der Waals surface area contributed by atoms with Gasteiger partial charge in [-0.25, -0.2) is 0 Å². The first-order valence-electron chi connectivity index (χ1n) is 9.24. The van der Waals surface area contributed by atoms with Crippen LogP contribution in [0.1, 0.15) is 71.6 Å². The number of rotatable bonds is 0. The van der Waals surface area contributed by atoms with Crippen LogP contribution < -0.4 is 0 Å². The van der Waals surface area contributed by atoms with Crippen molar-refractivity contribution < 1.29 is 15.0 Å². The van der Waals surface area contributed by atoms with Crippen LogP contribution in [0, 0.1) is 28.6 Å². The van der Waals surface area contributed by atoms with E-state index in [1.165, 1.54) is 25.7 Å². The molecule has 124 valence electrons. The average molecular weight is 306 g/mol. The summed E-state index contributed by atoms with van der Waals surface area (Å²) >= 11 is 0. The molecular formula is C19H30O3. The summed E-state index contributed by atoms with van der Waals surface area (Å²) in [4.78, 5) is 12.9. The smallest absolute Gasteiger partial charge is 0.165 e. The van der Waals surface area contributed by atoms with Gasteiger partial charge in [0.05, 0.1) is 6.10 Å². The highest BCUT2D eigenvalue weighted by Gasteiger charge is 2.66. The van der Waals surface area contributed by atoms with Gasteiger partial charge in [-0.3, -0.25) is 4.79 Å². The lowest BCUT2D eigenvalue weighted by Crippen LogP contribution is -2.66. The van der Waals surface area contributed by atoms with E-state index in [2.05, 4.69) is 13.8 Å². The lowest BCUT2D eigenvalue weighted by Gasteiger charge is -2.62. The molecule has 4 aliphatic rings. The Hall–Kier alpha value is -0.410. The summed E-state index contributed by atoms with van der Waals surface area (Å²) in [6.07, 6.45) is 8.10. The van der Waals surface area contributed by atoms with E-state index in [-0.39, 0.29) is 17.6 Å². The zero-order valence-corrected chi connectivity index (χ0v) is 14.0. The molecule has 2 N–H and O–H groups in total. The number of fused-ring (bicyclic) bond motifs is 5. The molecule has 3 heteroatoms. The molecule has 0 amide bonds. The van der Waals surface area contributed by atoms with Crippen molar-refractivity contribution in [1.29, 1.82) is 0 Å². The van der Waals surface area contributed by atoms with Crippen LogP contribution in [0.4, 0.5) is 0 Å². The van der Waals surface area contributed by atoms with Gasteiger partial charge in [-0.15, -0.1) is 0 Å². The molecule has 0 saturated heterocycles. The van der Waals surface area contributed by atoms with Crippen LogP contribution in [0.2, 0.25) is 0 Å². The first-order chi connectivity index (χ1) is 10.3. The van der Waals surface area contributed by atoms with Gasteiger partial charge in [0, 0.05) is 18.3 Å². The summed E-state index contributed by atoms with van der Waals surface area (Å²) in [5, 5.41) is 21.2. The summed E-state index contributed by atoms with van der Waals surface area (Å²) < 4.78 is 0. The Bertz CT molecular complexity index is 503. The number of aliphatic hydroxyl groups excluding tert-OH is 1. The SMILES string of the molecule is C[C@@]12CCC[C@H]1[C@@H]1CC(=O)[C@@]3(O)C[C@@H](O)CC[C@]3(C)[C@@H]1CC2. The van der Waals surface area contributed by atoms with E-state index in [4.69, 9.17) is 0 Å². The van der Waals surface area contributed by atoms with Gasteiger partial charge in [0.25, 0.3) is 0 Å². The molecule has 0 heterocycles. The van der Waals surface area contributed by atoms with Gasteiger partial charge in [-0.2, -0.15) is 0 Å². The first-order valence-corrected chi connectivity index (χ1v) is 9.24. The second-order valence-electron chi connectivity index (χ2n) is 9.26. The van der Waals surface area contributed by atoms with Crippen molar-refractivity contribution in [2.45, 2.75) is 83.3 Å². The molecule has 0 aromatic carbocycles. The fraction of sp³-hybridized carbons (Fsp3) is 0.947. The quantitative estimate of drug-likeness (QED) is 0.723. The molecule has 4 fully saturated rings. The Morgan fingerprint density at radius 1 is 1.05 bits per heavy atom. The zero-order chi connectivity index (χ0) is 15.8. The summed E-state index contributed by atoms with van der Waals surface area (Å²) in [7, 11) is 0. The largest absolute Gasteiger partial charge is 0.393 e. The average Bonchev–Trinajstić information content (AvgIpc) is 2.84. The maximum atomic E-state index is 12.9. The summed E-state index contributed by atoms with van der Waals surface area (Å²) in [5.41, 5.74) is -1.17. The van der Waals surface area contributed by atoms with Gasteiger partial charge < -0.3 is 10.2 Å². The number of ketones is 1. The van der Waals surface area contributed by atoms with E-state index in [9.17, 15) is 15.0 Å². The van der Waals surface area contributed by atoms with E-state index in [0.29, 0.717) is 29.6 Å². The van der Waals surface area contributed by atoms with E-state index >= 15 is 0 Å². The molecule has 0 radical (unpaired) electrons. The molecule has 0 aromatic rings. The number of hydrogen-bond acceptors (Lipinski definition) is 3. The highest BCUT2D eigenvalue weighted by molar-refractivity contribution is 5.89. The number of aliphatic hydroxyl groups is 2. The Morgan fingerprint density at radius 3 is 2.59 bits per heavy atom. The van der Waals surface area contributed by atoms with Crippen LogP contribution in [-0.2, 0) is 4.79 Å². The Morgan fingerprint density at radius 2 is 1.82 bits per heavy atom. The molecule has 0 aromatic heterocycles. The molecule has 4 aliphatic carbocycles. The second kappa shape index (κ2) is 4.57. The van der Waals surface area contributed by atoms with E-state index in [1.54, 1.807) is 0 Å². The minimum absolute atomic E-state index is 0.0196. The Balaban J connectivity index is 1.73. The van der Waals surface area contributed by atoms with Crippen LogP contribution in [-0.4, -0.2) is 27.7 Å². The van der Waals surface area contributed by atoms with Crippen LogP contribution in [0.5, 0.6) is 0 Å². The number of carbonyl (C=O) groups is 1. The normalized spacial score (nSPS) is 57.9. The van der Waals surface area contributed by atoms with Crippen molar-refractivity contribution in [3.8, 4) is 0 Å². The molecule has 7 atom stereocenters. The van der Waals surface area contributed by atoms with Gasteiger partial charge in [0.2, 0.25) is 0 Å². The second-order valence-corrected chi connectivity index (χ2v) is 9.26. The molecule has 4 rings (SSSR count). The molecule has 4 saturated carbocycles.